The van der Waals surface area contributed by atoms with Gasteiger partial charge in [0, 0.05) is 40.6 Å². The van der Waals surface area contributed by atoms with Crippen LogP contribution in [-0.2, 0) is 6.42 Å². The molecule has 136 valence electrons. The minimum absolute atomic E-state index is 0.595. The van der Waals surface area contributed by atoms with Crippen molar-refractivity contribution >= 4 is 40.0 Å². The quantitative estimate of drug-likeness (QED) is 0.425. The van der Waals surface area contributed by atoms with E-state index in [1.807, 2.05) is 37.3 Å². The Morgan fingerprint density at radius 1 is 1.11 bits per heavy atom. The second kappa shape index (κ2) is 7.68. The topological polar surface area (TPSA) is 65.6 Å². The van der Waals surface area contributed by atoms with Crippen molar-refractivity contribution in [3.05, 3.63) is 77.1 Å². The van der Waals surface area contributed by atoms with Crippen LogP contribution in [0.15, 0.2) is 60.9 Å². The van der Waals surface area contributed by atoms with Gasteiger partial charge in [-0.05, 0) is 48.7 Å². The maximum Gasteiger partial charge on any atom is 0.224 e. The largest absolute Gasteiger partial charge is 0.361 e. The van der Waals surface area contributed by atoms with E-state index < -0.39 is 0 Å². The Kier molecular flexibility index (Phi) is 4.94. The summed E-state index contributed by atoms with van der Waals surface area (Å²) in [5.74, 6) is 1.32. The number of H-pyrrole nitrogens is 1. The van der Waals surface area contributed by atoms with Crippen LogP contribution in [0.3, 0.4) is 0 Å². The van der Waals surface area contributed by atoms with Crippen molar-refractivity contribution in [1.29, 1.82) is 0 Å². The third kappa shape index (κ3) is 4.04. The molecule has 4 aromatic rings. The summed E-state index contributed by atoms with van der Waals surface area (Å²) in [4.78, 5) is 12.1. The Hall–Kier alpha value is -3.05. The number of halogens is 1. The van der Waals surface area contributed by atoms with Gasteiger partial charge in [0.05, 0.1) is 0 Å². The molecule has 0 unspecified atom stereocenters. The van der Waals surface area contributed by atoms with Crippen molar-refractivity contribution in [2.75, 3.05) is 17.2 Å². The van der Waals surface area contributed by atoms with Crippen molar-refractivity contribution in [2.45, 2.75) is 13.3 Å². The molecule has 4 rings (SSSR count). The highest BCUT2D eigenvalue weighted by Crippen LogP contribution is 2.23. The molecule has 0 radical (unpaired) electrons. The normalized spacial score (nSPS) is 10.9. The highest BCUT2D eigenvalue weighted by atomic mass is 35.5. The summed E-state index contributed by atoms with van der Waals surface area (Å²) in [7, 11) is 0. The molecule has 0 saturated heterocycles. The minimum Gasteiger partial charge on any atom is -0.361 e. The minimum atomic E-state index is 0.595. The molecule has 5 nitrogen and oxygen atoms in total. The lowest BCUT2D eigenvalue weighted by molar-refractivity contribution is 0.991. The fourth-order valence-electron chi connectivity index (χ4n) is 2.98. The van der Waals surface area contributed by atoms with Crippen molar-refractivity contribution in [3.8, 4) is 0 Å². The van der Waals surface area contributed by atoms with Gasteiger partial charge in [0.25, 0.3) is 0 Å². The maximum atomic E-state index is 6.18. The SMILES string of the molecule is Cc1ccc(Nc2ccnc(NCCc3c[nH]c4ccccc34)n2)cc1Cl. The third-order valence-corrected chi connectivity index (χ3v) is 4.86. The molecule has 0 aliphatic rings. The first-order valence-electron chi connectivity index (χ1n) is 8.84. The number of hydrogen-bond donors (Lipinski definition) is 3. The van der Waals surface area contributed by atoms with Gasteiger partial charge in [-0.25, -0.2) is 4.98 Å². The number of nitrogens with zero attached hydrogens (tertiary/aromatic N) is 2. The average Bonchev–Trinajstić information content (AvgIpc) is 3.09. The van der Waals surface area contributed by atoms with Gasteiger partial charge in [-0.2, -0.15) is 4.98 Å². The van der Waals surface area contributed by atoms with Gasteiger partial charge in [0.1, 0.15) is 5.82 Å². The fraction of sp³-hybridized carbons (Fsp3) is 0.143. The summed E-state index contributed by atoms with van der Waals surface area (Å²) in [5.41, 5.74) is 4.38. The van der Waals surface area contributed by atoms with Crippen LogP contribution in [0.2, 0.25) is 5.02 Å². The van der Waals surface area contributed by atoms with Gasteiger partial charge >= 0.3 is 0 Å². The van der Waals surface area contributed by atoms with Crippen molar-refractivity contribution in [2.24, 2.45) is 0 Å². The van der Waals surface area contributed by atoms with E-state index >= 15 is 0 Å². The van der Waals surface area contributed by atoms with Crippen LogP contribution in [0, 0.1) is 6.92 Å². The van der Waals surface area contributed by atoms with Crippen LogP contribution >= 0.6 is 11.6 Å². The molecule has 0 fully saturated rings. The first-order chi connectivity index (χ1) is 13.2. The van der Waals surface area contributed by atoms with E-state index in [1.165, 1.54) is 10.9 Å². The zero-order valence-corrected chi connectivity index (χ0v) is 15.7. The van der Waals surface area contributed by atoms with Gasteiger partial charge in [-0.15, -0.1) is 0 Å². The molecule has 2 aromatic heterocycles. The van der Waals surface area contributed by atoms with Gasteiger partial charge in [-0.1, -0.05) is 35.9 Å². The van der Waals surface area contributed by atoms with E-state index in [0.29, 0.717) is 5.95 Å². The number of para-hydroxylation sites is 1. The van der Waals surface area contributed by atoms with Crippen LogP contribution < -0.4 is 10.6 Å². The van der Waals surface area contributed by atoms with E-state index in [-0.39, 0.29) is 0 Å². The van der Waals surface area contributed by atoms with E-state index in [2.05, 4.69) is 50.0 Å². The lowest BCUT2D eigenvalue weighted by Crippen LogP contribution is -2.08. The number of aromatic nitrogens is 3. The lowest BCUT2D eigenvalue weighted by atomic mass is 10.1. The van der Waals surface area contributed by atoms with E-state index in [1.54, 1.807) is 6.20 Å². The first-order valence-corrected chi connectivity index (χ1v) is 9.22. The number of benzene rings is 2. The van der Waals surface area contributed by atoms with Crippen LogP contribution in [0.25, 0.3) is 10.9 Å². The summed E-state index contributed by atoms with van der Waals surface area (Å²) in [6.45, 7) is 2.73. The molecule has 0 amide bonds. The Balaban J connectivity index is 1.39. The Bertz CT molecular complexity index is 1070. The third-order valence-electron chi connectivity index (χ3n) is 4.45. The number of hydrogen-bond acceptors (Lipinski definition) is 4. The number of anilines is 3. The summed E-state index contributed by atoms with van der Waals surface area (Å²) in [5, 5.41) is 8.54. The smallest absolute Gasteiger partial charge is 0.224 e. The van der Waals surface area contributed by atoms with Crippen LogP contribution in [-0.4, -0.2) is 21.5 Å². The Labute approximate surface area is 162 Å². The van der Waals surface area contributed by atoms with Crippen LogP contribution in [0.5, 0.6) is 0 Å². The molecule has 0 saturated carbocycles. The van der Waals surface area contributed by atoms with Crippen LogP contribution in [0.1, 0.15) is 11.1 Å². The zero-order chi connectivity index (χ0) is 18.6. The Morgan fingerprint density at radius 3 is 2.89 bits per heavy atom. The van der Waals surface area contributed by atoms with Gasteiger partial charge in [-0.3, -0.25) is 0 Å². The molecule has 6 heteroatoms. The van der Waals surface area contributed by atoms with Crippen molar-refractivity contribution in [3.63, 3.8) is 0 Å². The standard InChI is InChI=1S/C21H20ClN5/c1-14-6-7-16(12-18(14)22)26-20-9-11-24-21(27-20)23-10-8-15-13-25-19-5-3-2-4-17(15)19/h2-7,9,11-13,25H,8,10H2,1H3,(H2,23,24,26,27). The lowest BCUT2D eigenvalue weighted by Gasteiger charge is -2.09. The summed E-state index contributed by atoms with van der Waals surface area (Å²) >= 11 is 6.18. The molecule has 0 bridgehead atoms. The van der Waals surface area contributed by atoms with Crippen LogP contribution in [0.4, 0.5) is 17.5 Å². The van der Waals surface area contributed by atoms with Gasteiger partial charge in [0.15, 0.2) is 0 Å². The highest BCUT2D eigenvalue weighted by Gasteiger charge is 2.04. The molecule has 3 N–H and O–H groups in total. The molecule has 2 aromatic carbocycles. The number of nitrogens with one attached hydrogen (secondary N) is 3. The fourth-order valence-corrected chi connectivity index (χ4v) is 3.16. The molecule has 0 aliphatic carbocycles. The summed E-state index contributed by atoms with van der Waals surface area (Å²) < 4.78 is 0. The molecular weight excluding hydrogens is 358 g/mol. The maximum absolute atomic E-state index is 6.18. The number of fused-ring (bicyclic) bond motifs is 1. The molecular formula is C21H20ClN5. The monoisotopic (exact) mass is 377 g/mol. The molecule has 0 aliphatic heterocycles. The number of rotatable bonds is 6. The van der Waals surface area contributed by atoms with Gasteiger partial charge < -0.3 is 15.6 Å². The second-order valence-electron chi connectivity index (χ2n) is 6.39. The Morgan fingerprint density at radius 2 is 2.00 bits per heavy atom. The predicted molar refractivity (Wildman–Crippen MR) is 112 cm³/mol. The molecule has 27 heavy (non-hydrogen) atoms. The van der Waals surface area contributed by atoms with Crippen molar-refractivity contribution in [1.82, 2.24) is 15.0 Å². The van der Waals surface area contributed by atoms with Gasteiger partial charge in [0.2, 0.25) is 5.95 Å². The van der Waals surface area contributed by atoms with Crippen molar-refractivity contribution < 1.29 is 0 Å². The van der Waals surface area contributed by atoms with E-state index in [9.17, 15) is 0 Å². The first kappa shape index (κ1) is 17.4. The second-order valence-corrected chi connectivity index (χ2v) is 6.80. The highest BCUT2D eigenvalue weighted by molar-refractivity contribution is 6.31. The molecule has 0 atom stereocenters. The number of aryl methyl sites for hydroxylation is 1. The van der Waals surface area contributed by atoms with E-state index in [4.69, 9.17) is 11.6 Å². The van der Waals surface area contributed by atoms with E-state index in [0.717, 1.165) is 40.6 Å². The predicted octanol–water partition coefficient (Wildman–Crippen LogP) is 5.32. The molecule has 0 spiro atoms. The summed E-state index contributed by atoms with van der Waals surface area (Å²) in [6.07, 6.45) is 4.68. The average molecular weight is 378 g/mol. The summed E-state index contributed by atoms with van der Waals surface area (Å²) in [6, 6.07) is 16.0. The number of aromatic amines is 1. The zero-order valence-electron chi connectivity index (χ0n) is 15.0. The molecule has 2 heterocycles.